The molecule has 1 aromatic rings. The van der Waals surface area contributed by atoms with Crippen molar-refractivity contribution >= 4 is 0 Å². The molecule has 1 aromatic carbocycles. The summed E-state index contributed by atoms with van der Waals surface area (Å²) in [6, 6.07) is 6.12. The van der Waals surface area contributed by atoms with E-state index in [-0.39, 0.29) is 0 Å². The summed E-state index contributed by atoms with van der Waals surface area (Å²) in [4.78, 5) is 0. The van der Waals surface area contributed by atoms with Gasteiger partial charge in [-0.15, -0.1) is 0 Å². The van der Waals surface area contributed by atoms with Crippen molar-refractivity contribution in [3.63, 3.8) is 0 Å². The Morgan fingerprint density at radius 3 is 2.67 bits per heavy atom. The number of aryl methyl sites for hydroxylation is 1. The van der Waals surface area contributed by atoms with Gasteiger partial charge in [-0.3, -0.25) is 0 Å². The van der Waals surface area contributed by atoms with Crippen LogP contribution in [-0.2, 0) is 6.42 Å². The summed E-state index contributed by atoms with van der Waals surface area (Å²) in [5.74, 6) is 2.98. The van der Waals surface area contributed by atoms with Crippen molar-refractivity contribution in [2.24, 2.45) is 22.7 Å². The maximum Gasteiger partial charge on any atom is 0.115 e. The highest BCUT2D eigenvalue weighted by atomic mass is 16.3. The minimum atomic E-state index is 0.440. The lowest BCUT2D eigenvalue weighted by molar-refractivity contribution is -0.00854. The number of aromatic hydroxyl groups is 1. The van der Waals surface area contributed by atoms with Crippen molar-refractivity contribution in [3.05, 3.63) is 29.3 Å². The molecule has 2 saturated carbocycles. The predicted molar refractivity (Wildman–Crippen MR) is 86.5 cm³/mol. The smallest absolute Gasteiger partial charge is 0.115 e. The third kappa shape index (κ3) is 1.76. The van der Waals surface area contributed by atoms with Crippen LogP contribution in [-0.4, -0.2) is 5.11 Å². The maximum atomic E-state index is 9.74. The highest BCUT2D eigenvalue weighted by molar-refractivity contribution is 5.40. The Balaban J connectivity index is 1.72. The van der Waals surface area contributed by atoms with E-state index in [1.807, 2.05) is 12.1 Å². The molecule has 3 aliphatic carbocycles. The summed E-state index contributed by atoms with van der Waals surface area (Å²) in [5, 5.41) is 9.74. The fourth-order valence-electron chi connectivity index (χ4n) is 6.06. The zero-order valence-electron chi connectivity index (χ0n) is 13.7. The molecule has 4 rings (SSSR count). The van der Waals surface area contributed by atoms with Crippen molar-refractivity contribution in [1.29, 1.82) is 0 Å². The lowest BCUT2D eigenvalue weighted by atomic mass is 9.51. The van der Waals surface area contributed by atoms with Gasteiger partial charge in [0.15, 0.2) is 0 Å². The highest BCUT2D eigenvalue weighted by Gasteiger charge is 2.57. The molecule has 0 radical (unpaired) electrons. The predicted octanol–water partition coefficient (Wildman–Crippen LogP) is 5.27. The van der Waals surface area contributed by atoms with Gasteiger partial charge in [0.05, 0.1) is 0 Å². The largest absolute Gasteiger partial charge is 0.508 e. The third-order valence-corrected chi connectivity index (χ3v) is 7.73. The monoisotopic (exact) mass is 284 g/mol. The van der Waals surface area contributed by atoms with Crippen LogP contribution in [0.2, 0.25) is 0 Å². The molecular weight excluding hydrogens is 256 g/mol. The molecule has 1 N–H and O–H groups in total. The molecule has 0 amide bonds. The summed E-state index contributed by atoms with van der Waals surface area (Å²) in [6.07, 6.45) is 8.05. The van der Waals surface area contributed by atoms with Crippen molar-refractivity contribution in [1.82, 2.24) is 0 Å². The normalized spacial score (nSPS) is 40.2. The molecule has 4 unspecified atom stereocenters. The Bertz CT molecular complexity index is 573. The Labute approximate surface area is 128 Å². The van der Waals surface area contributed by atoms with Crippen LogP contribution >= 0.6 is 0 Å². The molecule has 0 heterocycles. The minimum absolute atomic E-state index is 0.440. The van der Waals surface area contributed by atoms with Crippen LogP contribution in [0.25, 0.3) is 0 Å². The zero-order chi connectivity index (χ0) is 14.8. The SMILES string of the molecule is CC1(C)CCC2C3CCc4cc(O)ccc4C3CCC21C. The Morgan fingerprint density at radius 2 is 1.86 bits per heavy atom. The number of hydrogen-bond donors (Lipinski definition) is 1. The van der Waals surface area contributed by atoms with Gasteiger partial charge in [0.25, 0.3) is 0 Å². The fourth-order valence-corrected chi connectivity index (χ4v) is 6.06. The minimum Gasteiger partial charge on any atom is -0.508 e. The van der Waals surface area contributed by atoms with Gasteiger partial charge >= 0.3 is 0 Å². The van der Waals surface area contributed by atoms with Gasteiger partial charge in [0, 0.05) is 0 Å². The van der Waals surface area contributed by atoms with Crippen LogP contribution in [0.1, 0.15) is 69.9 Å². The van der Waals surface area contributed by atoms with E-state index in [1.54, 1.807) is 5.56 Å². The second-order valence-electron chi connectivity index (χ2n) is 8.68. The molecular formula is C20H28O. The van der Waals surface area contributed by atoms with Gasteiger partial charge < -0.3 is 5.11 Å². The van der Waals surface area contributed by atoms with Gasteiger partial charge in [-0.25, -0.2) is 0 Å². The average Bonchev–Trinajstić information content (AvgIpc) is 2.69. The highest BCUT2D eigenvalue weighted by Crippen LogP contribution is 2.67. The van der Waals surface area contributed by atoms with Gasteiger partial charge in [0.2, 0.25) is 0 Å². The molecule has 4 atom stereocenters. The van der Waals surface area contributed by atoms with Crippen LogP contribution in [0.3, 0.4) is 0 Å². The van der Waals surface area contributed by atoms with Crippen LogP contribution in [0, 0.1) is 22.7 Å². The number of rotatable bonds is 0. The third-order valence-electron chi connectivity index (χ3n) is 7.73. The fraction of sp³-hybridized carbons (Fsp3) is 0.700. The summed E-state index contributed by atoms with van der Waals surface area (Å²) >= 11 is 0. The van der Waals surface area contributed by atoms with E-state index in [4.69, 9.17) is 0 Å². The zero-order valence-corrected chi connectivity index (χ0v) is 13.7. The van der Waals surface area contributed by atoms with Gasteiger partial charge in [-0.05, 0) is 90.4 Å². The summed E-state index contributed by atoms with van der Waals surface area (Å²) in [7, 11) is 0. The van der Waals surface area contributed by atoms with Gasteiger partial charge in [-0.2, -0.15) is 0 Å². The van der Waals surface area contributed by atoms with Crippen LogP contribution < -0.4 is 0 Å². The lowest BCUT2D eigenvalue weighted by Gasteiger charge is -2.53. The molecule has 0 saturated heterocycles. The van der Waals surface area contributed by atoms with Gasteiger partial charge in [-0.1, -0.05) is 26.8 Å². The number of benzene rings is 1. The van der Waals surface area contributed by atoms with E-state index in [0.29, 0.717) is 16.6 Å². The first-order valence-electron chi connectivity index (χ1n) is 8.74. The molecule has 1 heteroatoms. The molecule has 114 valence electrons. The van der Waals surface area contributed by atoms with Crippen LogP contribution in [0.5, 0.6) is 5.75 Å². The first kappa shape index (κ1) is 13.7. The van der Waals surface area contributed by atoms with Crippen molar-refractivity contribution in [2.75, 3.05) is 0 Å². The molecule has 2 fully saturated rings. The average molecular weight is 284 g/mol. The quantitative estimate of drug-likeness (QED) is 0.687. The Hall–Kier alpha value is -0.980. The van der Waals surface area contributed by atoms with Gasteiger partial charge in [0.1, 0.15) is 5.75 Å². The maximum absolute atomic E-state index is 9.74. The Kier molecular flexibility index (Phi) is 2.78. The van der Waals surface area contributed by atoms with E-state index < -0.39 is 0 Å². The van der Waals surface area contributed by atoms with Crippen molar-refractivity contribution < 1.29 is 5.11 Å². The number of hydrogen-bond acceptors (Lipinski definition) is 1. The van der Waals surface area contributed by atoms with Crippen LogP contribution in [0.4, 0.5) is 0 Å². The van der Waals surface area contributed by atoms with Crippen molar-refractivity contribution in [2.45, 2.75) is 65.2 Å². The van der Waals surface area contributed by atoms with E-state index in [1.165, 1.54) is 37.7 Å². The number of fused-ring (bicyclic) bond motifs is 5. The summed E-state index contributed by atoms with van der Waals surface area (Å²) < 4.78 is 0. The molecule has 1 nitrogen and oxygen atoms in total. The van der Waals surface area contributed by atoms with Crippen molar-refractivity contribution in [3.8, 4) is 5.75 Å². The molecule has 0 aliphatic heterocycles. The standard InChI is InChI=1S/C20H28O/c1-19(2)10-9-18-17-6-4-13-12-14(21)5-7-15(13)16(17)8-11-20(18,19)3/h5,7,12,16-18,21H,4,6,8-11H2,1-3H3. The van der Waals surface area contributed by atoms with E-state index in [2.05, 4.69) is 26.8 Å². The first-order chi connectivity index (χ1) is 9.92. The molecule has 0 bridgehead atoms. The first-order valence-corrected chi connectivity index (χ1v) is 8.74. The van der Waals surface area contributed by atoms with E-state index in [0.717, 1.165) is 24.2 Å². The molecule has 0 spiro atoms. The summed E-state index contributed by atoms with van der Waals surface area (Å²) in [5.41, 5.74) is 4.02. The number of phenols is 1. The second kappa shape index (κ2) is 4.27. The summed E-state index contributed by atoms with van der Waals surface area (Å²) in [6.45, 7) is 7.58. The topological polar surface area (TPSA) is 20.2 Å². The number of phenolic OH excluding ortho intramolecular Hbond substituents is 1. The van der Waals surface area contributed by atoms with E-state index in [9.17, 15) is 5.11 Å². The van der Waals surface area contributed by atoms with E-state index >= 15 is 0 Å². The Morgan fingerprint density at radius 1 is 1.05 bits per heavy atom. The van der Waals surface area contributed by atoms with Crippen LogP contribution in [0.15, 0.2) is 18.2 Å². The second-order valence-corrected chi connectivity index (χ2v) is 8.68. The molecule has 0 aromatic heterocycles. The molecule has 21 heavy (non-hydrogen) atoms. The molecule has 3 aliphatic rings. The lowest BCUT2D eigenvalue weighted by Crippen LogP contribution is -2.45.